The fraction of sp³-hybridized carbons (Fsp3) is 0.500. The molecule has 1 N–H and O–H groups in total. The molecule has 0 spiro atoms. The molecule has 2 bridgehead atoms. The van der Waals surface area contributed by atoms with E-state index in [1.165, 1.54) is 6.42 Å². The van der Waals surface area contributed by atoms with Crippen molar-refractivity contribution in [2.45, 2.75) is 6.42 Å². The van der Waals surface area contributed by atoms with Crippen molar-refractivity contribution in [3.63, 3.8) is 0 Å². The van der Waals surface area contributed by atoms with Crippen molar-refractivity contribution in [1.82, 2.24) is 0 Å². The van der Waals surface area contributed by atoms with Gasteiger partial charge in [0.25, 0.3) is 0 Å². The summed E-state index contributed by atoms with van der Waals surface area (Å²) in [7, 11) is 0. The molecule has 1 fully saturated rings. The van der Waals surface area contributed by atoms with Gasteiger partial charge in [0.1, 0.15) is 5.71 Å². The van der Waals surface area contributed by atoms with Crippen molar-refractivity contribution < 1.29 is 25.6 Å². The molecule has 4 unspecified atom stereocenters. The van der Waals surface area contributed by atoms with E-state index in [0.717, 1.165) is 0 Å². The topological polar surface area (TPSA) is 32.6 Å². The predicted octanol–water partition coefficient (Wildman–Crippen LogP) is 2.39. The Morgan fingerprint density at radius 3 is 2.79 bits per heavy atom. The van der Waals surface area contributed by atoms with E-state index in [1.54, 1.807) is 0 Å². The molecule has 3 aliphatic rings. The van der Waals surface area contributed by atoms with E-state index in [4.69, 9.17) is 16.8 Å². The molecular weight excluding hydrogens is 372 g/mol. The van der Waals surface area contributed by atoms with E-state index >= 15 is 0 Å². The van der Waals surface area contributed by atoms with Crippen molar-refractivity contribution in [2.24, 2.45) is 28.8 Å². The van der Waals surface area contributed by atoms with E-state index in [2.05, 4.69) is 23.4 Å². The molecule has 75 valence electrons. The molecule has 1 saturated carbocycles. The van der Waals surface area contributed by atoms with Gasteiger partial charge in [-0.3, -0.25) is 0 Å². The van der Waals surface area contributed by atoms with Gasteiger partial charge in [-0.15, -0.1) is 0 Å². The number of oxime groups is 1. The first-order valence-corrected chi connectivity index (χ1v) is 4.97. The van der Waals surface area contributed by atoms with Gasteiger partial charge in [0.15, 0.2) is 0 Å². The zero-order valence-electron chi connectivity index (χ0n) is 7.40. The Hall–Kier alpha value is -0.0977. The summed E-state index contributed by atoms with van der Waals surface area (Å²) in [5.41, 5.74) is 0.698. The average Bonchev–Trinajstić information content (AvgIpc) is 2.72. The summed E-state index contributed by atoms with van der Waals surface area (Å²) in [6, 6.07) is 0. The molecule has 0 amide bonds. The SMILES string of the molecule is O/N=C1\C(Cl)=CC2C3C=CC(C3)C12.[Re]. The van der Waals surface area contributed by atoms with Crippen LogP contribution < -0.4 is 0 Å². The molecule has 0 heterocycles. The van der Waals surface area contributed by atoms with Crippen LogP contribution in [0.2, 0.25) is 0 Å². The van der Waals surface area contributed by atoms with Gasteiger partial charge in [-0.1, -0.05) is 35.0 Å². The molecule has 3 rings (SSSR count). The van der Waals surface area contributed by atoms with Gasteiger partial charge in [0, 0.05) is 26.3 Å². The molecule has 0 aromatic carbocycles. The van der Waals surface area contributed by atoms with Gasteiger partial charge in [-0.25, -0.2) is 0 Å². The number of hydrogen-bond acceptors (Lipinski definition) is 2. The van der Waals surface area contributed by atoms with Crippen molar-refractivity contribution in [1.29, 1.82) is 0 Å². The molecule has 2 nitrogen and oxygen atoms in total. The molecular formula is C10H10ClNORe. The van der Waals surface area contributed by atoms with Crippen molar-refractivity contribution >= 4 is 17.3 Å². The summed E-state index contributed by atoms with van der Waals surface area (Å²) in [6.45, 7) is 0. The van der Waals surface area contributed by atoms with Crippen LogP contribution in [-0.2, 0) is 20.4 Å². The van der Waals surface area contributed by atoms with E-state index in [0.29, 0.717) is 34.4 Å². The predicted molar refractivity (Wildman–Crippen MR) is 50.9 cm³/mol. The Morgan fingerprint density at radius 2 is 2.07 bits per heavy atom. The second-order valence-electron chi connectivity index (χ2n) is 4.05. The van der Waals surface area contributed by atoms with Gasteiger partial charge in [0.05, 0.1) is 5.03 Å². The number of halogens is 1. The maximum absolute atomic E-state index is 8.85. The van der Waals surface area contributed by atoms with Crippen LogP contribution in [0.4, 0.5) is 0 Å². The molecule has 0 aromatic rings. The Morgan fingerprint density at radius 1 is 1.36 bits per heavy atom. The fourth-order valence-electron chi connectivity index (χ4n) is 3.00. The Balaban J connectivity index is 0.000000750. The molecule has 4 atom stereocenters. The van der Waals surface area contributed by atoms with E-state index in [-0.39, 0.29) is 20.4 Å². The van der Waals surface area contributed by atoms with Crippen molar-refractivity contribution in [2.75, 3.05) is 0 Å². The minimum Gasteiger partial charge on any atom is -0.411 e. The third-order valence-electron chi connectivity index (χ3n) is 3.53. The minimum atomic E-state index is 0. The average molecular weight is 382 g/mol. The monoisotopic (exact) mass is 382 g/mol. The van der Waals surface area contributed by atoms with Crippen LogP contribution >= 0.6 is 11.6 Å². The van der Waals surface area contributed by atoms with Crippen LogP contribution in [0.5, 0.6) is 0 Å². The number of hydrogen-bond donors (Lipinski definition) is 1. The Kier molecular flexibility index (Phi) is 2.59. The Bertz CT molecular complexity index is 350. The van der Waals surface area contributed by atoms with Crippen LogP contribution in [0.25, 0.3) is 0 Å². The maximum Gasteiger partial charge on any atom is 0.102 e. The van der Waals surface area contributed by atoms with Crippen LogP contribution in [0.15, 0.2) is 28.4 Å². The molecule has 3 aliphatic carbocycles. The standard InChI is InChI=1S/C10H10ClNO.Re/c11-8-4-7-5-1-2-6(3-5)9(7)10(8)12-13;/h1-2,4-7,9,13H,3H2;/b12-10+;. The first kappa shape index (κ1) is 10.4. The molecule has 0 aromatic heterocycles. The largest absolute Gasteiger partial charge is 0.411 e. The summed E-state index contributed by atoms with van der Waals surface area (Å²) in [4.78, 5) is 0. The number of allylic oxidation sites excluding steroid dienone is 4. The number of nitrogens with zero attached hydrogens (tertiary/aromatic N) is 1. The van der Waals surface area contributed by atoms with Crippen molar-refractivity contribution in [3.05, 3.63) is 23.3 Å². The minimum absolute atomic E-state index is 0. The van der Waals surface area contributed by atoms with Crippen LogP contribution in [0.1, 0.15) is 6.42 Å². The number of rotatable bonds is 0. The molecule has 0 saturated heterocycles. The smallest absolute Gasteiger partial charge is 0.102 e. The first-order valence-electron chi connectivity index (χ1n) is 4.59. The van der Waals surface area contributed by atoms with Gasteiger partial charge < -0.3 is 5.21 Å². The van der Waals surface area contributed by atoms with Gasteiger partial charge in [-0.05, 0) is 24.2 Å². The second kappa shape index (κ2) is 3.48. The molecule has 1 radical (unpaired) electrons. The molecule has 0 aliphatic heterocycles. The van der Waals surface area contributed by atoms with Gasteiger partial charge >= 0.3 is 0 Å². The second-order valence-corrected chi connectivity index (χ2v) is 4.46. The third-order valence-corrected chi connectivity index (χ3v) is 3.85. The van der Waals surface area contributed by atoms with E-state index < -0.39 is 0 Å². The summed E-state index contributed by atoms with van der Waals surface area (Å²) in [5.74, 6) is 2.03. The zero-order chi connectivity index (χ0) is 9.00. The maximum atomic E-state index is 8.85. The summed E-state index contributed by atoms with van der Waals surface area (Å²) in [5, 5.41) is 12.8. The van der Waals surface area contributed by atoms with Gasteiger partial charge in [0.2, 0.25) is 0 Å². The molecule has 4 heteroatoms. The van der Waals surface area contributed by atoms with E-state index in [1.807, 2.05) is 0 Å². The Labute approximate surface area is 101 Å². The first-order chi connectivity index (χ1) is 6.31. The van der Waals surface area contributed by atoms with E-state index in [9.17, 15) is 0 Å². The van der Waals surface area contributed by atoms with Crippen LogP contribution in [0.3, 0.4) is 0 Å². The fourth-order valence-corrected chi connectivity index (χ4v) is 3.31. The third kappa shape index (κ3) is 1.16. The quantitative estimate of drug-likeness (QED) is 0.390. The summed E-state index contributed by atoms with van der Waals surface area (Å²) in [6.07, 6.45) is 7.76. The normalized spacial score (nSPS) is 45.2. The van der Waals surface area contributed by atoms with Gasteiger partial charge in [-0.2, -0.15) is 0 Å². The number of fused-ring (bicyclic) bond motifs is 5. The zero-order valence-corrected chi connectivity index (χ0v) is 10.9. The summed E-state index contributed by atoms with van der Waals surface area (Å²) < 4.78 is 0. The molecule has 14 heavy (non-hydrogen) atoms. The van der Waals surface area contributed by atoms with Crippen molar-refractivity contribution in [3.8, 4) is 0 Å². The van der Waals surface area contributed by atoms with Crippen LogP contribution in [0, 0.1) is 23.7 Å². The van der Waals surface area contributed by atoms with Crippen LogP contribution in [-0.4, -0.2) is 10.9 Å². The summed E-state index contributed by atoms with van der Waals surface area (Å²) >= 11 is 5.98.